The third-order valence-corrected chi connectivity index (χ3v) is 3.20. The summed E-state index contributed by atoms with van der Waals surface area (Å²) in [6, 6.07) is 3.71. The number of hydrogen-bond donors (Lipinski definition) is 1. The van der Waals surface area contributed by atoms with E-state index in [-0.39, 0.29) is 5.92 Å². The van der Waals surface area contributed by atoms with Crippen molar-refractivity contribution in [3.05, 3.63) is 22.7 Å². The Labute approximate surface area is 125 Å². The molecule has 1 rings (SSSR count). The maximum absolute atomic E-state index is 6.30. The van der Waals surface area contributed by atoms with Crippen molar-refractivity contribution >= 4 is 28.8 Å². The molecule has 0 heterocycles. The first kappa shape index (κ1) is 16.1. The second-order valence-corrected chi connectivity index (χ2v) is 5.19. The van der Waals surface area contributed by atoms with Crippen LogP contribution in [0.1, 0.15) is 38.7 Å². The summed E-state index contributed by atoms with van der Waals surface area (Å²) in [4.78, 5) is 0.482. The first-order valence-electron chi connectivity index (χ1n) is 6.36. The Morgan fingerprint density at radius 3 is 2.26 bits per heavy atom. The second kappa shape index (κ2) is 7.56. The predicted octanol–water partition coefficient (Wildman–Crippen LogP) is 3.92. The monoisotopic (exact) mass is 301 g/mol. The lowest BCUT2D eigenvalue weighted by Crippen LogP contribution is -2.12. The molecule has 1 atom stereocenters. The average Bonchev–Trinajstić information content (AvgIpc) is 2.31. The van der Waals surface area contributed by atoms with Crippen LogP contribution in [0.2, 0.25) is 5.02 Å². The van der Waals surface area contributed by atoms with Crippen LogP contribution >= 0.6 is 23.8 Å². The van der Waals surface area contributed by atoms with E-state index in [1.165, 1.54) is 0 Å². The van der Waals surface area contributed by atoms with Gasteiger partial charge in [-0.2, -0.15) is 0 Å². The highest BCUT2D eigenvalue weighted by molar-refractivity contribution is 7.80. The molecule has 1 aromatic carbocycles. The molecule has 0 aromatic heterocycles. The fourth-order valence-electron chi connectivity index (χ4n) is 1.88. The number of rotatable bonds is 7. The number of thiocarbonyl (C=S) groups is 1. The largest absolute Gasteiger partial charge is 0.490 e. The van der Waals surface area contributed by atoms with Crippen molar-refractivity contribution in [3.63, 3.8) is 0 Å². The molecule has 1 unspecified atom stereocenters. The molecule has 0 saturated heterocycles. The van der Waals surface area contributed by atoms with E-state index in [2.05, 4.69) is 0 Å². The standard InChI is InChI=1S/C14H20ClNO2S/c1-4-17-12-7-10(9(3)6-14(16)19)11(15)8-13(12)18-5-2/h7-9H,4-6H2,1-3H3,(H2,16,19). The van der Waals surface area contributed by atoms with E-state index in [1.54, 1.807) is 6.07 Å². The van der Waals surface area contributed by atoms with Gasteiger partial charge in [-0.3, -0.25) is 0 Å². The van der Waals surface area contributed by atoms with Crippen LogP contribution < -0.4 is 15.2 Å². The van der Waals surface area contributed by atoms with Crippen molar-refractivity contribution in [1.29, 1.82) is 0 Å². The summed E-state index contributed by atoms with van der Waals surface area (Å²) in [5, 5.41) is 0.649. The molecule has 0 aliphatic carbocycles. The average molecular weight is 302 g/mol. The van der Waals surface area contributed by atoms with Crippen LogP contribution in [0.4, 0.5) is 0 Å². The highest BCUT2D eigenvalue weighted by atomic mass is 35.5. The minimum atomic E-state index is 0.153. The third kappa shape index (κ3) is 4.55. The second-order valence-electron chi connectivity index (χ2n) is 4.26. The topological polar surface area (TPSA) is 44.5 Å². The van der Waals surface area contributed by atoms with Gasteiger partial charge in [0.05, 0.1) is 18.2 Å². The molecular weight excluding hydrogens is 282 g/mol. The maximum Gasteiger partial charge on any atom is 0.162 e. The molecule has 0 bridgehead atoms. The Bertz CT molecular complexity index is 451. The third-order valence-electron chi connectivity index (χ3n) is 2.70. The molecule has 19 heavy (non-hydrogen) atoms. The van der Waals surface area contributed by atoms with Crippen LogP contribution in [-0.2, 0) is 0 Å². The summed E-state index contributed by atoms with van der Waals surface area (Å²) in [5.41, 5.74) is 6.56. The van der Waals surface area contributed by atoms with Crippen molar-refractivity contribution in [2.75, 3.05) is 13.2 Å². The van der Waals surface area contributed by atoms with E-state index in [1.807, 2.05) is 26.8 Å². The Kier molecular flexibility index (Phi) is 6.38. The molecule has 106 valence electrons. The van der Waals surface area contributed by atoms with Crippen molar-refractivity contribution < 1.29 is 9.47 Å². The Morgan fingerprint density at radius 1 is 1.26 bits per heavy atom. The molecule has 3 nitrogen and oxygen atoms in total. The summed E-state index contributed by atoms with van der Waals surface area (Å²) in [5.74, 6) is 1.53. The molecule has 0 amide bonds. The highest BCUT2D eigenvalue weighted by Crippen LogP contribution is 2.37. The summed E-state index contributed by atoms with van der Waals surface area (Å²) in [7, 11) is 0. The number of ether oxygens (including phenoxy) is 2. The smallest absolute Gasteiger partial charge is 0.162 e. The Morgan fingerprint density at radius 2 is 1.79 bits per heavy atom. The molecule has 0 fully saturated rings. The van der Waals surface area contributed by atoms with E-state index >= 15 is 0 Å². The number of benzene rings is 1. The molecule has 0 spiro atoms. The minimum Gasteiger partial charge on any atom is -0.490 e. The fourth-order valence-corrected chi connectivity index (χ4v) is 2.47. The summed E-state index contributed by atoms with van der Waals surface area (Å²) < 4.78 is 11.1. The lowest BCUT2D eigenvalue weighted by atomic mass is 9.97. The van der Waals surface area contributed by atoms with Gasteiger partial charge >= 0.3 is 0 Å². The summed E-state index contributed by atoms with van der Waals surface area (Å²) >= 11 is 11.2. The van der Waals surface area contributed by atoms with E-state index in [9.17, 15) is 0 Å². The van der Waals surface area contributed by atoms with Gasteiger partial charge in [0.15, 0.2) is 11.5 Å². The zero-order chi connectivity index (χ0) is 14.4. The summed E-state index contributed by atoms with van der Waals surface area (Å²) in [6.45, 7) is 7.04. The Balaban J connectivity index is 3.11. The quantitative estimate of drug-likeness (QED) is 0.775. The van der Waals surface area contributed by atoms with Crippen molar-refractivity contribution in [3.8, 4) is 11.5 Å². The molecule has 0 saturated carbocycles. The van der Waals surface area contributed by atoms with Crippen LogP contribution in [0.15, 0.2) is 12.1 Å². The van der Waals surface area contributed by atoms with Gasteiger partial charge in [0.1, 0.15) is 0 Å². The minimum absolute atomic E-state index is 0.153. The van der Waals surface area contributed by atoms with Gasteiger partial charge in [0.25, 0.3) is 0 Å². The number of nitrogens with two attached hydrogens (primary N) is 1. The maximum atomic E-state index is 6.30. The number of halogens is 1. The van der Waals surface area contributed by atoms with E-state index in [4.69, 9.17) is 39.0 Å². The van der Waals surface area contributed by atoms with E-state index in [0.717, 1.165) is 5.56 Å². The van der Waals surface area contributed by atoms with Gasteiger partial charge in [-0.25, -0.2) is 0 Å². The van der Waals surface area contributed by atoms with Crippen LogP contribution in [-0.4, -0.2) is 18.2 Å². The van der Waals surface area contributed by atoms with Crippen LogP contribution in [0.25, 0.3) is 0 Å². The van der Waals surface area contributed by atoms with Gasteiger partial charge in [0, 0.05) is 17.5 Å². The Hall–Kier alpha value is -1.00. The van der Waals surface area contributed by atoms with Crippen LogP contribution in [0.3, 0.4) is 0 Å². The molecule has 5 heteroatoms. The molecule has 0 aliphatic heterocycles. The SMILES string of the molecule is CCOc1cc(Cl)c(C(C)CC(N)=S)cc1OCC. The predicted molar refractivity (Wildman–Crippen MR) is 83.6 cm³/mol. The van der Waals surface area contributed by atoms with Crippen molar-refractivity contribution in [2.24, 2.45) is 5.73 Å². The highest BCUT2D eigenvalue weighted by Gasteiger charge is 2.16. The normalized spacial score (nSPS) is 12.0. The molecule has 0 aliphatic rings. The molecular formula is C14H20ClNO2S. The van der Waals surface area contributed by atoms with Gasteiger partial charge in [-0.05, 0) is 31.4 Å². The summed E-state index contributed by atoms with van der Waals surface area (Å²) in [6.07, 6.45) is 0.620. The fraction of sp³-hybridized carbons (Fsp3) is 0.500. The lowest BCUT2D eigenvalue weighted by Gasteiger charge is -2.17. The van der Waals surface area contributed by atoms with Crippen LogP contribution in [0.5, 0.6) is 11.5 Å². The zero-order valence-corrected chi connectivity index (χ0v) is 13.1. The van der Waals surface area contributed by atoms with Crippen molar-refractivity contribution in [2.45, 2.75) is 33.1 Å². The first-order valence-corrected chi connectivity index (χ1v) is 7.15. The van der Waals surface area contributed by atoms with Gasteiger partial charge in [0.2, 0.25) is 0 Å². The van der Waals surface area contributed by atoms with Gasteiger partial charge in [-0.15, -0.1) is 0 Å². The van der Waals surface area contributed by atoms with Gasteiger partial charge < -0.3 is 15.2 Å². The first-order chi connectivity index (χ1) is 8.99. The van der Waals surface area contributed by atoms with E-state index < -0.39 is 0 Å². The van der Waals surface area contributed by atoms with Crippen LogP contribution in [0, 0.1) is 0 Å². The van der Waals surface area contributed by atoms with Crippen molar-refractivity contribution in [1.82, 2.24) is 0 Å². The van der Waals surface area contributed by atoms with E-state index in [0.29, 0.717) is 41.1 Å². The molecule has 2 N–H and O–H groups in total. The molecule has 0 radical (unpaired) electrons. The lowest BCUT2D eigenvalue weighted by molar-refractivity contribution is 0.287. The van der Waals surface area contributed by atoms with Gasteiger partial charge in [-0.1, -0.05) is 30.7 Å². The number of hydrogen-bond acceptors (Lipinski definition) is 3. The molecule has 1 aromatic rings. The zero-order valence-electron chi connectivity index (χ0n) is 11.5.